The molecule has 1 atom stereocenters. The van der Waals surface area contributed by atoms with Gasteiger partial charge in [-0.05, 0) is 31.5 Å². The van der Waals surface area contributed by atoms with E-state index >= 15 is 0 Å². The van der Waals surface area contributed by atoms with E-state index in [-0.39, 0.29) is 36.6 Å². The molecule has 0 spiro atoms. The van der Waals surface area contributed by atoms with Gasteiger partial charge in [-0.15, -0.1) is 24.8 Å². The van der Waals surface area contributed by atoms with Crippen LogP contribution in [0.15, 0.2) is 18.3 Å². The molecule has 138 valence electrons. The molecule has 2 heterocycles. The summed E-state index contributed by atoms with van der Waals surface area (Å²) in [5.41, 5.74) is -0.768. The summed E-state index contributed by atoms with van der Waals surface area (Å²) < 4.78 is 37.1. The quantitative estimate of drug-likeness (QED) is 0.655. The highest BCUT2D eigenvalue weighted by Gasteiger charge is 2.30. The number of rotatable bonds is 6. The largest absolute Gasteiger partial charge is 0.417 e. The van der Waals surface area contributed by atoms with Crippen LogP contribution in [0, 0.1) is 5.92 Å². The third-order valence-corrected chi connectivity index (χ3v) is 3.48. The minimum Gasteiger partial charge on any atom is -0.370 e. The third kappa shape index (κ3) is 7.11. The summed E-state index contributed by atoms with van der Waals surface area (Å²) in [7, 11) is 0. The number of hydrogen-bond donors (Lipinski definition) is 3. The van der Waals surface area contributed by atoms with E-state index in [0.29, 0.717) is 25.3 Å². The average Bonchev–Trinajstić information content (AvgIpc) is 3.00. The summed E-state index contributed by atoms with van der Waals surface area (Å²) in [6.07, 6.45) is -2.03. The van der Waals surface area contributed by atoms with Crippen LogP contribution in [0.5, 0.6) is 0 Å². The van der Waals surface area contributed by atoms with Crippen LogP contribution < -0.4 is 16.0 Å². The first kappa shape index (κ1) is 22.8. The summed E-state index contributed by atoms with van der Waals surface area (Å²) in [5.74, 6) is 0.488. The molecule has 0 bridgehead atoms. The first-order valence-corrected chi connectivity index (χ1v) is 7.22. The highest BCUT2D eigenvalue weighted by molar-refractivity contribution is 5.85. The lowest BCUT2D eigenvalue weighted by atomic mass is 10.1. The number of halogens is 5. The van der Waals surface area contributed by atoms with Crippen LogP contribution in [0.25, 0.3) is 0 Å². The van der Waals surface area contributed by atoms with Gasteiger partial charge in [-0.25, -0.2) is 4.98 Å². The number of nitrogens with zero attached hydrogens (tertiary/aromatic N) is 1. The van der Waals surface area contributed by atoms with Crippen molar-refractivity contribution in [3.05, 3.63) is 23.9 Å². The van der Waals surface area contributed by atoms with Gasteiger partial charge in [0.05, 0.1) is 11.5 Å². The van der Waals surface area contributed by atoms with Crippen molar-refractivity contribution in [1.29, 1.82) is 0 Å². The molecule has 0 radical (unpaired) electrons. The Kier molecular flexibility index (Phi) is 10.0. The molecule has 10 heteroatoms. The van der Waals surface area contributed by atoms with Crippen molar-refractivity contribution in [2.24, 2.45) is 5.92 Å². The summed E-state index contributed by atoms with van der Waals surface area (Å²) in [6.45, 7) is 2.66. The van der Waals surface area contributed by atoms with Gasteiger partial charge in [-0.2, -0.15) is 13.2 Å². The number of carbonyl (C=O) groups is 1. The lowest BCUT2D eigenvalue weighted by Crippen LogP contribution is -2.33. The first-order chi connectivity index (χ1) is 10.5. The van der Waals surface area contributed by atoms with Crippen molar-refractivity contribution in [3.8, 4) is 0 Å². The molecule has 1 aromatic heterocycles. The Labute approximate surface area is 151 Å². The Hall–Kier alpha value is -1.25. The fourth-order valence-corrected chi connectivity index (χ4v) is 2.21. The minimum atomic E-state index is -4.37. The van der Waals surface area contributed by atoms with E-state index in [4.69, 9.17) is 0 Å². The van der Waals surface area contributed by atoms with Crippen LogP contribution >= 0.6 is 24.8 Å². The Morgan fingerprint density at radius 1 is 1.29 bits per heavy atom. The molecule has 5 nitrogen and oxygen atoms in total. The molecule has 3 N–H and O–H groups in total. The first-order valence-electron chi connectivity index (χ1n) is 7.22. The Morgan fingerprint density at radius 3 is 2.58 bits per heavy atom. The third-order valence-electron chi connectivity index (χ3n) is 3.48. The molecule has 1 amide bonds. The number of nitrogens with one attached hydrogen (secondary N) is 3. The molecule has 24 heavy (non-hydrogen) atoms. The standard InChI is InChI=1S/C14H19F3N4O.2ClH/c15-14(16,17)11-2-3-12(21-9-11)19-5-1-6-20-13(22)10-4-7-18-8-10;;/h2-3,9-10,18H,1,4-8H2,(H,19,21)(H,20,22);2*1H. The van der Waals surface area contributed by atoms with Gasteiger partial charge in [0.1, 0.15) is 5.82 Å². The van der Waals surface area contributed by atoms with E-state index in [0.717, 1.165) is 31.8 Å². The zero-order chi connectivity index (χ0) is 16.0. The van der Waals surface area contributed by atoms with Gasteiger partial charge in [-0.1, -0.05) is 0 Å². The fourth-order valence-electron chi connectivity index (χ4n) is 2.21. The van der Waals surface area contributed by atoms with Gasteiger partial charge in [-0.3, -0.25) is 4.79 Å². The predicted molar refractivity (Wildman–Crippen MR) is 90.8 cm³/mol. The second-order valence-corrected chi connectivity index (χ2v) is 5.19. The Morgan fingerprint density at radius 2 is 2.04 bits per heavy atom. The van der Waals surface area contributed by atoms with Crippen molar-refractivity contribution in [2.45, 2.75) is 19.0 Å². The van der Waals surface area contributed by atoms with Gasteiger partial charge in [0.2, 0.25) is 5.91 Å². The SMILES string of the molecule is Cl.Cl.O=C(NCCCNc1ccc(C(F)(F)F)cn1)C1CCNC1. The molecule has 0 saturated carbocycles. The molecule has 1 aliphatic rings. The zero-order valence-corrected chi connectivity index (χ0v) is 14.5. The molecule has 0 aliphatic carbocycles. The van der Waals surface area contributed by atoms with Crippen molar-refractivity contribution in [1.82, 2.24) is 15.6 Å². The van der Waals surface area contributed by atoms with Gasteiger partial charge in [0.15, 0.2) is 0 Å². The molecule has 2 rings (SSSR count). The molecular weight excluding hydrogens is 368 g/mol. The van der Waals surface area contributed by atoms with E-state index in [1.165, 1.54) is 6.07 Å². The summed E-state index contributed by atoms with van der Waals surface area (Å²) in [6, 6.07) is 2.29. The highest BCUT2D eigenvalue weighted by Crippen LogP contribution is 2.28. The van der Waals surface area contributed by atoms with Crippen LogP contribution in [0.1, 0.15) is 18.4 Å². The van der Waals surface area contributed by atoms with E-state index in [2.05, 4.69) is 20.9 Å². The number of hydrogen-bond acceptors (Lipinski definition) is 4. The van der Waals surface area contributed by atoms with Crippen LogP contribution in [0.2, 0.25) is 0 Å². The molecule has 1 fully saturated rings. The number of alkyl halides is 3. The Balaban J connectivity index is 0.00000264. The minimum absolute atomic E-state index is 0. The maximum atomic E-state index is 12.4. The number of anilines is 1. The van der Waals surface area contributed by atoms with E-state index in [9.17, 15) is 18.0 Å². The van der Waals surface area contributed by atoms with E-state index in [1.807, 2.05) is 0 Å². The molecule has 1 aromatic rings. The van der Waals surface area contributed by atoms with Crippen LogP contribution in [-0.4, -0.2) is 37.1 Å². The second kappa shape index (κ2) is 10.6. The molecule has 1 aliphatic heterocycles. The van der Waals surface area contributed by atoms with E-state index < -0.39 is 11.7 Å². The summed E-state index contributed by atoms with van der Waals surface area (Å²) in [5, 5.41) is 8.91. The summed E-state index contributed by atoms with van der Waals surface area (Å²) in [4.78, 5) is 15.4. The molecule has 1 saturated heterocycles. The molecule has 0 aromatic carbocycles. The van der Waals surface area contributed by atoms with Crippen LogP contribution in [-0.2, 0) is 11.0 Å². The van der Waals surface area contributed by atoms with Gasteiger partial charge in [0, 0.05) is 25.8 Å². The summed E-state index contributed by atoms with van der Waals surface area (Å²) >= 11 is 0. The zero-order valence-electron chi connectivity index (χ0n) is 12.9. The van der Waals surface area contributed by atoms with Crippen molar-refractivity contribution in [3.63, 3.8) is 0 Å². The van der Waals surface area contributed by atoms with Crippen molar-refractivity contribution in [2.75, 3.05) is 31.5 Å². The average molecular weight is 389 g/mol. The highest BCUT2D eigenvalue weighted by atomic mass is 35.5. The lowest BCUT2D eigenvalue weighted by molar-refractivity contribution is -0.137. The smallest absolute Gasteiger partial charge is 0.370 e. The number of aromatic nitrogens is 1. The number of pyridine rings is 1. The molecular formula is C14H21Cl2F3N4O. The molecule has 1 unspecified atom stereocenters. The maximum Gasteiger partial charge on any atom is 0.417 e. The van der Waals surface area contributed by atoms with Crippen LogP contribution in [0.4, 0.5) is 19.0 Å². The fraction of sp³-hybridized carbons (Fsp3) is 0.571. The lowest BCUT2D eigenvalue weighted by Gasteiger charge is -2.11. The normalized spacial score (nSPS) is 16.7. The van der Waals surface area contributed by atoms with Crippen molar-refractivity contribution < 1.29 is 18.0 Å². The number of carbonyl (C=O) groups excluding carboxylic acids is 1. The van der Waals surface area contributed by atoms with Crippen LogP contribution in [0.3, 0.4) is 0 Å². The maximum absolute atomic E-state index is 12.4. The monoisotopic (exact) mass is 388 g/mol. The second-order valence-electron chi connectivity index (χ2n) is 5.19. The Bertz CT molecular complexity index is 494. The number of amides is 1. The van der Waals surface area contributed by atoms with Crippen molar-refractivity contribution >= 4 is 36.5 Å². The predicted octanol–water partition coefficient (Wildman–Crippen LogP) is 2.47. The van der Waals surface area contributed by atoms with E-state index in [1.54, 1.807) is 0 Å². The van der Waals surface area contributed by atoms with Gasteiger partial charge < -0.3 is 16.0 Å². The topological polar surface area (TPSA) is 66.0 Å². The van der Waals surface area contributed by atoms with Gasteiger partial charge in [0.25, 0.3) is 0 Å². The van der Waals surface area contributed by atoms with Gasteiger partial charge >= 0.3 is 6.18 Å².